The third-order valence-corrected chi connectivity index (χ3v) is 5.45. The van der Waals surface area contributed by atoms with Gasteiger partial charge in [0.05, 0.1) is 15.6 Å². The number of carbonyl (C=O) groups is 1. The van der Waals surface area contributed by atoms with Gasteiger partial charge in [-0.15, -0.1) is 0 Å². The summed E-state index contributed by atoms with van der Waals surface area (Å²) >= 11 is 6.01. The lowest BCUT2D eigenvalue weighted by Gasteiger charge is -2.11. The van der Waals surface area contributed by atoms with Crippen molar-refractivity contribution in [1.29, 1.82) is 0 Å². The molecule has 0 aliphatic rings. The number of rotatable bonds is 7. The highest BCUT2D eigenvalue weighted by Crippen LogP contribution is 2.26. The van der Waals surface area contributed by atoms with Gasteiger partial charge in [-0.1, -0.05) is 37.6 Å². The summed E-state index contributed by atoms with van der Waals surface area (Å²) < 4.78 is 27.5. The first-order chi connectivity index (χ1) is 11.7. The van der Waals surface area contributed by atoms with E-state index in [9.17, 15) is 13.2 Å². The molecular weight excluding hydrogens is 360 g/mol. The van der Waals surface area contributed by atoms with Crippen molar-refractivity contribution >= 4 is 33.2 Å². The number of amides is 1. The number of hydrogen-bond donors (Lipinski definition) is 2. The van der Waals surface area contributed by atoms with Gasteiger partial charge in [0.1, 0.15) is 0 Å². The number of halogens is 1. The number of primary amides is 1. The van der Waals surface area contributed by atoms with E-state index in [1.54, 1.807) is 24.3 Å². The van der Waals surface area contributed by atoms with E-state index >= 15 is 0 Å². The lowest BCUT2D eigenvalue weighted by Crippen LogP contribution is -2.15. The minimum atomic E-state index is -3.81. The zero-order chi connectivity index (χ0) is 18.6. The maximum Gasteiger partial charge on any atom is 0.261 e. The molecule has 25 heavy (non-hydrogen) atoms. The molecule has 0 spiro atoms. The third-order valence-electron chi connectivity index (χ3n) is 3.74. The fourth-order valence-corrected chi connectivity index (χ4v) is 3.54. The Balaban J connectivity index is 2.22. The van der Waals surface area contributed by atoms with Gasteiger partial charge in [-0.3, -0.25) is 9.52 Å². The lowest BCUT2D eigenvalue weighted by molar-refractivity contribution is 0.100. The first-order valence-corrected chi connectivity index (χ1v) is 9.76. The van der Waals surface area contributed by atoms with E-state index in [-0.39, 0.29) is 21.2 Å². The van der Waals surface area contributed by atoms with Crippen molar-refractivity contribution in [3.05, 3.63) is 58.6 Å². The second-order valence-corrected chi connectivity index (χ2v) is 8.33. The Hall–Kier alpha value is -2.05. The van der Waals surface area contributed by atoms with Crippen LogP contribution in [0.1, 0.15) is 36.2 Å². The molecule has 0 atom stereocenters. The van der Waals surface area contributed by atoms with Crippen molar-refractivity contribution in [2.45, 2.75) is 31.6 Å². The van der Waals surface area contributed by atoms with Crippen LogP contribution in [0.5, 0.6) is 0 Å². The summed E-state index contributed by atoms with van der Waals surface area (Å²) in [5, 5.41) is 0.183. The SMILES string of the molecule is CC(C)CCc1ccc(S(=O)(=O)Nc2cc(C(N)=O)ccc2Cl)cc1. The van der Waals surface area contributed by atoms with E-state index in [4.69, 9.17) is 17.3 Å². The number of carbonyl (C=O) groups excluding carboxylic acids is 1. The Morgan fingerprint density at radius 1 is 1.16 bits per heavy atom. The van der Waals surface area contributed by atoms with Gasteiger partial charge >= 0.3 is 0 Å². The minimum absolute atomic E-state index is 0.113. The van der Waals surface area contributed by atoms with Gasteiger partial charge in [0.25, 0.3) is 10.0 Å². The van der Waals surface area contributed by atoms with Crippen molar-refractivity contribution in [3.8, 4) is 0 Å². The molecule has 0 heterocycles. The van der Waals surface area contributed by atoms with Crippen molar-refractivity contribution in [2.24, 2.45) is 11.7 Å². The van der Waals surface area contributed by atoms with E-state index in [0.717, 1.165) is 18.4 Å². The molecule has 0 bridgehead atoms. The normalized spacial score (nSPS) is 11.5. The lowest BCUT2D eigenvalue weighted by atomic mass is 10.0. The van der Waals surface area contributed by atoms with Crippen molar-refractivity contribution in [2.75, 3.05) is 4.72 Å². The highest BCUT2D eigenvalue weighted by molar-refractivity contribution is 7.92. The molecular formula is C18H21ClN2O3S. The van der Waals surface area contributed by atoms with Gasteiger partial charge in [-0.05, 0) is 54.7 Å². The topological polar surface area (TPSA) is 89.3 Å². The zero-order valence-electron chi connectivity index (χ0n) is 14.1. The number of hydrogen-bond acceptors (Lipinski definition) is 3. The Morgan fingerprint density at radius 2 is 1.80 bits per heavy atom. The molecule has 2 aromatic carbocycles. The molecule has 2 rings (SSSR count). The standard InChI is InChI=1S/C18H21ClN2O3S/c1-12(2)3-4-13-5-8-15(9-6-13)25(23,24)21-17-11-14(18(20)22)7-10-16(17)19/h5-12,21H,3-4H2,1-2H3,(H2,20,22). The maximum absolute atomic E-state index is 12.5. The van der Waals surface area contributed by atoms with Crippen molar-refractivity contribution in [3.63, 3.8) is 0 Å². The Labute approximate surface area is 153 Å². The quantitative estimate of drug-likeness (QED) is 0.764. The van der Waals surface area contributed by atoms with E-state index < -0.39 is 15.9 Å². The summed E-state index contributed by atoms with van der Waals surface area (Å²) in [6.07, 6.45) is 1.94. The van der Waals surface area contributed by atoms with Crippen LogP contribution in [-0.2, 0) is 16.4 Å². The number of sulfonamides is 1. The summed E-state index contributed by atoms with van der Waals surface area (Å²) in [5.41, 5.74) is 6.58. The minimum Gasteiger partial charge on any atom is -0.366 e. The van der Waals surface area contributed by atoms with Crippen LogP contribution in [0.4, 0.5) is 5.69 Å². The molecule has 0 saturated heterocycles. The van der Waals surface area contributed by atoms with Crippen LogP contribution in [0.2, 0.25) is 5.02 Å². The number of nitrogens with one attached hydrogen (secondary N) is 1. The van der Waals surface area contributed by atoms with Crippen LogP contribution in [0.3, 0.4) is 0 Å². The van der Waals surface area contributed by atoms with Gasteiger partial charge in [0.15, 0.2) is 0 Å². The number of nitrogens with two attached hydrogens (primary N) is 1. The summed E-state index contributed by atoms with van der Waals surface area (Å²) in [4.78, 5) is 11.4. The predicted molar refractivity (Wildman–Crippen MR) is 100 cm³/mol. The average molecular weight is 381 g/mol. The van der Waals surface area contributed by atoms with E-state index in [1.165, 1.54) is 18.2 Å². The van der Waals surface area contributed by atoms with Gasteiger partial charge < -0.3 is 5.73 Å². The predicted octanol–water partition coefficient (Wildman–Crippen LogP) is 3.83. The smallest absolute Gasteiger partial charge is 0.261 e. The molecule has 0 radical (unpaired) electrons. The molecule has 5 nitrogen and oxygen atoms in total. The summed E-state index contributed by atoms with van der Waals surface area (Å²) in [6.45, 7) is 4.29. The Kier molecular flexibility index (Phi) is 6.08. The maximum atomic E-state index is 12.5. The fourth-order valence-electron chi connectivity index (χ4n) is 2.25. The molecule has 3 N–H and O–H groups in total. The number of aryl methyl sites for hydroxylation is 1. The van der Waals surface area contributed by atoms with E-state index in [2.05, 4.69) is 18.6 Å². The van der Waals surface area contributed by atoms with Gasteiger partial charge in [0.2, 0.25) is 5.91 Å². The molecule has 0 unspecified atom stereocenters. The molecule has 0 aliphatic carbocycles. The first kappa shape index (κ1) is 19.3. The van der Waals surface area contributed by atoms with Crippen LogP contribution in [0.25, 0.3) is 0 Å². The molecule has 1 amide bonds. The number of benzene rings is 2. The van der Waals surface area contributed by atoms with E-state index in [0.29, 0.717) is 5.92 Å². The van der Waals surface area contributed by atoms with Crippen molar-refractivity contribution in [1.82, 2.24) is 0 Å². The molecule has 134 valence electrons. The van der Waals surface area contributed by atoms with Gasteiger partial charge in [-0.2, -0.15) is 0 Å². The third kappa shape index (κ3) is 5.21. The highest BCUT2D eigenvalue weighted by Gasteiger charge is 2.17. The van der Waals surface area contributed by atoms with Gasteiger partial charge in [0, 0.05) is 5.56 Å². The monoisotopic (exact) mass is 380 g/mol. The summed E-state index contributed by atoms with van der Waals surface area (Å²) in [5.74, 6) is -0.0728. The Morgan fingerprint density at radius 3 is 2.36 bits per heavy atom. The van der Waals surface area contributed by atoms with Crippen LogP contribution in [0, 0.1) is 5.92 Å². The molecule has 0 aromatic heterocycles. The zero-order valence-corrected chi connectivity index (χ0v) is 15.7. The largest absolute Gasteiger partial charge is 0.366 e. The van der Waals surface area contributed by atoms with Crippen molar-refractivity contribution < 1.29 is 13.2 Å². The highest BCUT2D eigenvalue weighted by atomic mass is 35.5. The molecule has 0 fully saturated rings. The summed E-state index contributed by atoms with van der Waals surface area (Å²) in [7, 11) is -3.81. The fraction of sp³-hybridized carbons (Fsp3) is 0.278. The molecule has 0 saturated carbocycles. The van der Waals surface area contributed by atoms with Crippen LogP contribution < -0.4 is 10.5 Å². The second-order valence-electron chi connectivity index (χ2n) is 6.24. The van der Waals surface area contributed by atoms with Crippen LogP contribution >= 0.6 is 11.6 Å². The second kappa shape index (κ2) is 7.89. The summed E-state index contributed by atoms with van der Waals surface area (Å²) in [6, 6.07) is 10.9. The van der Waals surface area contributed by atoms with Crippen LogP contribution in [0.15, 0.2) is 47.4 Å². The Bertz CT molecular complexity index is 862. The average Bonchev–Trinajstić information content (AvgIpc) is 2.55. The molecule has 2 aromatic rings. The molecule has 7 heteroatoms. The first-order valence-electron chi connectivity index (χ1n) is 7.90. The molecule has 0 aliphatic heterocycles. The van der Waals surface area contributed by atoms with E-state index in [1.807, 2.05) is 0 Å². The van der Waals surface area contributed by atoms with Crippen LogP contribution in [-0.4, -0.2) is 14.3 Å². The van der Waals surface area contributed by atoms with Gasteiger partial charge in [-0.25, -0.2) is 8.42 Å². The number of anilines is 1.